The maximum Gasteiger partial charge on any atom is 0.191 e. The van der Waals surface area contributed by atoms with E-state index >= 15 is 0 Å². The Labute approximate surface area is 165 Å². The molecule has 0 aliphatic carbocycles. The number of piperidine rings is 1. The molecule has 5 heteroatoms. The number of aryl methyl sites for hydroxylation is 1. The van der Waals surface area contributed by atoms with Gasteiger partial charge in [0.1, 0.15) is 0 Å². The highest BCUT2D eigenvalue weighted by Gasteiger charge is 2.25. The summed E-state index contributed by atoms with van der Waals surface area (Å²) in [6.07, 6.45) is 2.42. The monoisotopic (exact) mass is 374 g/mol. The van der Waals surface area contributed by atoms with E-state index in [-0.39, 0.29) is 11.5 Å². The quantitative estimate of drug-likeness (QED) is 0.593. The smallest absolute Gasteiger partial charge is 0.191 e. The molecule has 1 saturated heterocycles. The van der Waals surface area contributed by atoms with Gasteiger partial charge < -0.3 is 15.4 Å². The highest BCUT2D eigenvalue weighted by Crippen LogP contribution is 2.21. The zero-order chi connectivity index (χ0) is 19.9. The first-order valence-electron chi connectivity index (χ1n) is 10.1. The van der Waals surface area contributed by atoms with Crippen LogP contribution in [0.2, 0.25) is 0 Å². The van der Waals surface area contributed by atoms with E-state index in [1.54, 1.807) is 7.11 Å². The lowest BCUT2D eigenvalue weighted by Crippen LogP contribution is -2.51. The second-order valence-corrected chi connectivity index (χ2v) is 8.66. The third-order valence-corrected chi connectivity index (χ3v) is 5.51. The number of aliphatic imine (C=N–C) groups is 1. The van der Waals surface area contributed by atoms with Crippen molar-refractivity contribution in [2.24, 2.45) is 10.4 Å². The minimum Gasteiger partial charge on any atom is -0.379 e. The van der Waals surface area contributed by atoms with Crippen LogP contribution in [0.15, 0.2) is 29.3 Å². The summed E-state index contributed by atoms with van der Waals surface area (Å²) in [6, 6.07) is 9.16. The fourth-order valence-electron chi connectivity index (χ4n) is 3.58. The first kappa shape index (κ1) is 21.7. The van der Waals surface area contributed by atoms with Gasteiger partial charge in [-0.25, -0.2) is 0 Å². The van der Waals surface area contributed by atoms with E-state index in [0.717, 1.165) is 45.0 Å². The molecule has 27 heavy (non-hydrogen) atoms. The van der Waals surface area contributed by atoms with Crippen LogP contribution in [0.1, 0.15) is 44.7 Å². The van der Waals surface area contributed by atoms with Crippen molar-refractivity contribution in [1.29, 1.82) is 0 Å². The second kappa shape index (κ2) is 10.1. The highest BCUT2D eigenvalue weighted by molar-refractivity contribution is 5.80. The van der Waals surface area contributed by atoms with Crippen LogP contribution in [0.25, 0.3) is 0 Å². The van der Waals surface area contributed by atoms with E-state index in [9.17, 15) is 0 Å². The molecule has 5 nitrogen and oxygen atoms in total. The van der Waals surface area contributed by atoms with E-state index in [2.05, 4.69) is 72.5 Å². The zero-order valence-electron chi connectivity index (χ0n) is 18.0. The van der Waals surface area contributed by atoms with Crippen molar-refractivity contribution < 1.29 is 4.74 Å². The van der Waals surface area contributed by atoms with Crippen LogP contribution in [0.3, 0.4) is 0 Å². The normalized spacial score (nSPS) is 18.4. The molecule has 0 bridgehead atoms. The number of nitrogens with one attached hydrogen (secondary N) is 2. The summed E-state index contributed by atoms with van der Waals surface area (Å²) in [5.74, 6) is 0.874. The number of ether oxygens (including phenoxy) is 1. The molecule has 0 radical (unpaired) electrons. The maximum absolute atomic E-state index is 5.63. The second-order valence-electron chi connectivity index (χ2n) is 8.66. The fraction of sp³-hybridized carbons (Fsp3) is 0.682. The Morgan fingerprint density at radius 2 is 1.93 bits per heavy atom. The molecule has 2 N–H and O–H groups in total. The Morgan fingerprint density at radius 3 is 2.48 bits per heavy atom. The number of methoxy groups -OCH3 is 1. The number of rotatable bonds is 6. The Bertz CT molecular complexity index is 601. The molecule has 1 atom stereocenters. The van der Waals surface area contributed by atoms with Gasteiger partial charge in [0, 0.05) is 46.4 Å². The molecule has 1 aromatic rings. The predicted octanol–water partition coefficient (Wildman–Crippen LogP) is 3.19. The van der Waals surface area contributed by atoms with Gasteiger partial charge >= 0.3 is 0 Å². The van der Waals surface area contributed by atoms with Crippen molar-refractivity contribution >= 4 is 5.96 Å². The Morgan fingerprint density at radius 1 is 1.26 bits per heavy atom. The fourth-order valence-corrected chi connectivity index (χ4v) is 3.58. The molecule has 0 spiro atoms. The largest absolute Gasteiger partial charge is 0.379 e. The van der Waals surface area contributed by atoms with Crippen LogP contribution in [0.5, 0.6) is 0 Å². The van der Waals surface area contributed by atoms with E-state index in [1.807, 2.05) is 7.05 Å². The van der Waals surface area contributed by atoms with Gasteiger partial charge in [0.05, 0.1) is 6.10 Å². The van der Waals surface area contributed by atoms with Gasteiger partial charge in [0.15, 0.2) is 5.96 Å². The average Bonchev–Trinajstić information content (AvgIpc) is 2.63. The van der Waals surface area contributed by atoms with E-state index < -0.39 is 0 Å². The summed E-state index contributed by atoms with van der Waals surface area (Å²) >= 11 is 0. The van der Waals surface area contributed by atoms with Crippen LogP contribution < -0.4 is 10.6 Å². The molecule has 1 fully saturated rings. The molecular weight excluding hydrogens is 336 g/mol. The molecular formula is C22H38N4O. The molecule has 0 aromatic heterocycles. The number of hydrogen-bond acceptors (Lipinski definition) is 3. The van der Waals surface area contributed by atoms with Crippen molar-refractivity contribution in [2.45, 2.75) is 59.2 Å². The molecule has 1 heterocycles. The first-order valence-corrected chi connectivity index (χ1v) is 10.1. The lowest BCUT2D eigenvalue weighted by Gasteiger charge is -2.34. The summed E-state index contributed by atoms with van der Waals surface area (Å²) in [5, 5.41) is 7.02. The van der Waals surface area contributed by atoms with Crippen LogP contribution in [0, 0.1) is 12.3 Å². The summed E-state index contributed by atoms with van der Waals surface area (Å²) in [6.45, 7) is 12.8. The van der Waals surface area contributed by atoms with Crippen LogP contribution >= 0.6 is 0 Å². The molecule has 1 unspecified atom stereocenters. The minimum absolute atomic E-state index is 0.0987. The Balaban J connectivity index is 1.77. The van der Waals surface area contributed by atoms with Gasteiger partial charge in [-0.05, 0) is 36.3 Å². The molecule has 1 aromatic carbocycles. The average molecular weight is 375 g/mol. The third-order valence-electron chi connectivity index (χ3n) is 5.51. The van der Waals surface area contributed by atoms with Gasteiger partial charge in [-0.2, -0.15) is 0 Å². The van der Waals surface area contributed by atoms with Gasteiger partial charge in [0.2, 0.25) is 0 Å². The molecule has 1 aliphatic heterocycles. The molecule has 0 amide bonds. The van der Waals surface area contributed by atoms with Crippen LogP contribution in [-0.2, 0) is 11.3 Å². The van der Waals surface area contributed by atoms with Gasteiger partial charge in [-0.15, -0.1) is 0 Å². The highest BCUT2D eigenvalue weighted by atomic mass is 16.5. The van der Waals surface area contributed by atoms with E-state index in [0.29, 0.717) is 6.04 Å². The standard InChI is InChI=1S/C22H38N4O/c1-17-9-7-8-10-18(17)16-26-13-11-19(12-14-26)25-21(23-5)24-15-20(27-6)22(2,3)4/h7-10,19-20H,11-16H2,1-6H3,(H2,23,24,25). The topological polar surface area (TPSA) is 48.9 Å². The van der Waals surface area contributed by atoms with Crippen molar-refractivity contribution in [3.8, 4) is 0 Å². The molecule has 1 aliphatic rings. The van der Waals surface area contributed by atoms with Gasteiger partial charge in [-0.3, -0.25) is 9.89 Å². The lowest BCUT2D eigenvalue weighted by molar-refractivity contribution is 0.0204. The molecule has 2 rings (SSSR count). The Hall–Kier alpha value is -1.59. The number of nitrogens with zero attached hydrogens (tertiary/aromatic N) is 2. The predicted molar refractivity (Wildman–Crippen MR) is 114 cm³/mol. The number of benzene rings is 1. The summed E-state index contributed by atoms with van der Waals surface area (Å²) in [7, 11) is 3.61. The number of guanidine groups is 1. The van der Waals surface area contributed by atoms with E-state index in [4.69, 9.17) is 4.74 Å². The van der Waals surface area contributed by atoms with Crippen molar-refractivity contribution in [2.75, 3.05) is 33.8 Å². The van der Waals surface area contributed by atoms with Crippen molar-refractivity contribution in [1.82, 2.24) is 15.5 Å². The molecule has 152 valence electrons. The lowest BCUT2D eigenvalue weighted by atomic mass is 9.89. The first-order chi connectivity index (χ1) is 12.8. The van der Waals surface area contributed by atoms with Crippen molar-refractivity contribution in [3.05, 3.63) is 35.4 Å². The SMILES string of the molecule is CN=C(NCC(OC)C(C)(C)C)NC1CCN(Cc2ccccc2C)CC1. The zero-order valence-corrected chi connectivity index (χ0v) is 18.0. The Kier molecular flexibility index (Phi) is 8.11. The third kappa shape index (κ3) is 6.82. The summed E-state index contributed by atoms with van der Waals surface area (Å²) in [5.41, 5.74) is 2.92. The van der Waals surface area contributed by atoms with Crippen LogP contribution in [0.4, 0.5) is 0 Å². The minimum atomic E-state index is 0.0987. The summed E-state index contributed by atoms with van der Waals surface area (Å²) in [4.78, 5) is 6.95. The van der Waals surface area contributed by atoms with Crippen molar-refractivity contribution in [3.63, 3.8) is 0 Å². The van der Waals surface area contributed by atoms with Gasteiger partial charge in [0.25, 0.3) is 0 Å². The van der Waals surface area contributed by atoms with Crippen LogP contribution in [-0.4, -0.2) is 56.8 Å². The van der Waals surface area contributed by atoms with E-state index in [1.165, 1.54) is 11.1 Å². The number of likely N-dealkylation sites (tertiary alicyclic amines) is 1. The van der Waals surface area contributed by atoms with Gasteiger partial charge in [-0.1, -0.05) is 45.0 Å². The number of hydrogen-bond donors (Lipinski definition) is 2. The maximum atomic E-state index is 5.63. The molecule has 0 saturated carbocycles. The summed E-state index contributed by atoms with van der Waals surface area (Å²) < 4.78 is 5.63.